The smallest absolute Gasteiger partial charge is 0.245 e. The number of nitrogens with one attached hydrogen (secondary N) is 2. The molecule has 0 bridgehead atoms. The van der Waals surface area contributed by atoms with Crippen LogP contribution >= 0.6 is 12.2 Å². The fourth-order valence-electron chi connectivity index (χ4n) is 1.67. The zero-order chi connectivity index (χ0) is 11.5. The minimum atomic E-state index is -0.755. The average Bonchev–Trinajstić information content (AvgIpc) is 2.29. The molecule has 0 radical (unpaired) electrons. The molecule has 1 aromatic rings. The van der Waals surface area contributed by atoms with Crippen LogP contribution in [0.25, 0.3) is 0 Å². The fraction of sp³-hybridized carbons (Fsp3) is 0.182. The third kappa shape index (κ3) is 1.88. The van der Waals surface area contributed by atoms with Crippen molar-refractivity contribution in [3.63, 3.8) is 0 Å². The van der Waals surface area contributed by atoms with Crippen LogP contribution in [-0.2, 0) is 4.79 Å². The summed E-state index contributed by atoms with van der Waals surface area (Å²) in [5, 5.41) is 14.6. The van der Waals surface area contributed by atoms with E-state index in [0.29, 0.717) is 0 Å². The SMILES string of the molecule is N#C[C@@H]1C(=O)NC(=S)N[C@H]1c1ccccc1. The van der Waals surface area contributed by atoms with Crippen molar-refractivity contribution < 1.29 is 4.79 Å². The maximum atomic E-state index is 11.6. The second-order valence-electron chi connectivity index (χ2n) is 3.46. The maximum absolute atomic E-state index is 11.6. The van der Waals surface area contributed by atoms with E-state index in [-0.39, 0.29) is 17.1 Å². The number of nitriles is 1. The molecule has 2 N–H and O–H groups in total. The van der Waals surface area contributed by atoms with Crippen LogP contribution in [0.4, 0.5) is 0 Å². The molecule has 1 aliphatic heterocycles. The van der Waals surface area contributed by atoms with E-state index < -0.39 is 5.92 Å². The molecule has 1 aromatic carbocycles. The van der Waals surface area contributed by atoms with Crippen LogP contribution in [0.15, 0.2) is 30.3 Å². The molecule has 0 saturated carbocycles. The number of carbonyl (C=O) groups is 1. The van der Waals surface area contributed by atoms with E-state index in [9.17, 15) is 4.79 Å². The predicted molar refractivity (Wildman–Crippen MR) is 62.2 cm³/mol. The quantitative estimate of drug-likeness (QED) is 0.704. The first kappa shape index (κ1) is 10.6. The molecule has 1 saturated heterocycles. The summed E-state index contributed by atoms with van der Waals surface area (Å²) in [5.41, 5.74) is 0.881. The van der Waals surface area contributed by atoms with E-state index in [0.717, 1.165) is 5.56 Å². The number of rotatable bonds is 1. The highest BCUT2D eigenvalue weighted by Crippen LogP contribution is 2.24. The highest BCUT2D eigenvalue weighted by molar-refractivity contribution is 7.80. The molecular weight excluding hydrogens is 222 g/mol. The van der Waals surface area contributed by atoms with Gasteiger partial charge in [0.05, 0.1) is 12.1 Å². The highest BCUT2D eigenvalue weighted by Gasteiger charge is 2.34. The molecule has 4 nitrogen and oxygen atoms in total. The lowest BCUT2D eigenvalue weighted by molar-refractivity contribution is -0.123. The molecule has 0 aliphatic carbocycles. The van der Waals surface area contributed by atoms with Gasteiger partial charge < -0.3 is 10.6 Å². The van der Waals surface area contributed by atoms with Gasteiger partial charge >= 0.3 is 0 Å². The first-order valence-electron chi connectivity index (χ1n) is 4.78. The number of hydrogen-bond donors (Lipinski definition) is 2. The predicted octanol–water partition coefficient (Wildman–Crippen LogP) is 0.872. The maximum Gasteiger partial charge on any atom is 0.245 e. The molecule has 0 spiro atoms. The lowest BCUT2D eigenvalue weighted by Crippen LogP contribution is -2.53. The Bertz CT molecular complexity index is 466. The van der Waals surface area contributed by atoms with Gasteiger partial charge in [0, 0.05) is 0 Å². The lowest BCUT2D eigenvalue weighted by atomic mass is 9.92. The van der Waals surface area contributed by atoms with Crippen molar-refractivity contribution in [3.05, 3.63) is 35.9 Å². The van der Waals surface area contributed by atoms with Gasteiger partial charge in [0.2, 0.25) is 5.91 Å². The number of thiocarbonyl (C=S) groups is 1. The van der Waals surface area contributed by atoms with E-state index >= 15 is 0 Å². The largest absolute Gasteiger partial charge is 0.354 e. The summed E-state index contributed by atoms with van der Waals surface area (Å²) < 4.78 is 0. The molecule has 1 aliphatic rings. The van der Waals surface area contributed by atoms with Crippen molar-refractivity contribution in [3.8, 4) is 6.07 Å². The number of amides is 1. The average molecular weight is 231 g/mol. The van der Waals surface area contributed by atoms with Crippen LogP contribution in [-0.4, -0.2) is 11.0 Å². The van der Waals surface area contributed by atoms with Crippen LogP contribution in [0, 0.1) is 17.2 Å². The first-order valence-corrected chi connectivity index (χ1v) is 5.19. The minimum Gasteiger partial charge on any atom is -0.354 e. The molecule has 1 amide bonds. The van der Waals surface area contributed by atoms with Crippen molar-refractivity contribution in [1.82, 2.24) is 10.6 Å². The summed E-state index contributed by atoms with van der Waals surface area (Å²) in [7, 11) is 0. The van der Waals surface area contributed by atoms with Gasteiger partial charge in [-0.2, -0.15) is 5.26 Å². The molecule has 1 fully saturated rings. The molecule has 0 aromatic heterocycles. The third-order valence-electron chi connectivity index (χ3n) is 2.44. The van der Waals surface area contributed by atoms with Crippen LogP contribution in [0.5, 0.6) is 0 Å². The summed E-state index contributed by atoms with van der Waals surface area (Å²) in [6.07, 6.45) is 0. The van der Waals surface area contributed by atoms with Crippen molar-refractivity contribution in [1.29, 1.82) is 5.26 Å². The summed E-state index contributed by atoms with van der Waals surface area (Å²) in [5.74, 6) is -1.10. The molecule has 5 heteroatoms. The Morgan fingerprint density at radius 2 is 2.00 bits per heavy atom. The topological polar surface area (TPSA) is 64.9 Å². The van der Waals surface area contributed by atoms with E-state index in [1.165, 1.54) is 0 Å². The van der Waals surface area contributed by atoms with Gasteiger partial charge in [-0.25, -0.2) is 0 Å². The molecule has 2 rings (SSSR count). The van der Waals surface area contributed by atoms with Gasteiger partial charge in [0.1, 0.15) is 5.92 Å². The van der Waals surface area contributed by atoms with E-state index in [1.807, 2.05) is 36.4 Å². The van der Waals surface area contributed by atoms with E-state index in [4.69, 9.17) is 17.5 Å². The van der Waals surface area contributed by atoms with Gasteiger partial charge in [-0.3, -0.25) is 4.79 Å². The van der Waals surface area contributed by atoms with Crippen molar-refractivity contribution >= 4 is 23.2 Å². The van der Waals surface area contributed by atoms with Gasteiger partial charge in [0.25, 0.3) is 0 Å². The summed E-state index contributed by atoms with van der Waals surface area (Å²) in [6, 6.07) is 11.0. The normalized spacial score (nSPS) is 24.2. The second kappa shape index (κ2) is 4.29. The molecular formula is C11H9N3OS. The summed E-state index contributed by atoms with van der Waals surface area (Å²) in [4.78, 5) is 11.6. The second-order valence-corrected chi connectivity index (χ2v) is 3.87. The van der Waals surface area contributed by atoms with Gasteiger partial charge in [-0.05, 0) is 17.8 Å². The Hall–Kier alpha value is -1.93. The molecule has 16 heavy (non-hydrogen) atoms. The summed E-state index contributed by atoms with van der Waals surface area (Å²) >= 11 is 4.91. The molecule has 0 unspecified atom stereocenters. The zero-order valence-electron chi connectivity index (χ0n) is 8.31. The number of hydrogen-bond acceptors (Lipinski definition) is 3. The monoisotopic (exact) mass is 231 g/mol. The van der Waals surface area contributed by atoms with Crippen molar-refractivity contribution in [2.24, 2.45) is 5.92 Å². The van der Waals surface area contributed by atoms with Gasteiger partial charge in [-0.1, -0.05) is 30.3 Å². The Kier molecular flexibility index (Phi) is 2.84. The third-order valence-corrected chi connectivity index (χ3v) is 2.66. The standard InChI is InChI=1S/C11H9N3OS/c12-6-8-9(7-4-2-1-3-5-7)13-11(16)14-10(8)15/h1-5,8-9H,(H2,13,14,15,16)/t8-,9-/m0/s1. The van der Waals surface area contributed by atoms with Crippen molar-refractivity contribution in [2.75, 3.05) is 0 Å². The molecule has 1 heterocycles. The first-order chi connectivity index (χ1) is 7.72. The number of benzene rings is 1. The number of carbonyl (C=O) groups excluding carboxylic acids is 1. The lowest BCUT2D eigenvalue weighted by Gasteiger charge is -2.29. The van der Waals surface area contributed by atoms with Gasteiger partial charge in [-0.15, -0.1) is 0 Å². The Balaban J connectivity index is 2.35. The van der Waals surface area contributed by atoms with Crippen LogP contribution < -0.4 is 10.6 Å². The van der Waals surface area contributed by atoms with Crippen LogP contribution in [0.1, 0.15) is 11.6 Å². The zero-order valence-corrected chi connectivity index (χ0v) is 9.12. The van der Waals surface area contributed by atoms with E-state index in [2.05, 4.69) is 10.6 Å². The number of nitrogens with zero attached hydrogens (tertiary/aromatic N) is 1. The molecule has 2 atom stereocenters. The van der Waals surface area contributed by atoms with Crippen molar-refractivity contribution in [2.45, 2.75) is 6.04 Å². The van der Waals surface area contributed by atoms with E-state index in [1.54, 1.807) is 0 Å². The minimum absolute atomic E-state index is 0.269. The van der Waals surface area contributed by atoms with Crippen LogP contribution in [0.2, 0.25) is 0 Å². The Morgan fingerprint density at radius 1 is 1.31 bits per heavy atom. The summed E-state index contributed by atoms with van der Waals surface area (Å²) in [6.45, 7) is 0. The van der Waals surface area contributed by atoms with Gasteiger partial charge in [0.15, 0.2) is 5.11 Å². The highest BCUT2D eigenvalue weighted by atomic mass is 32.1. The molecule has 80 valence electrons. The fourth-order valence-corrected chi connectivity index (χ4v) is 1.90. The Morgan fingerprint density at radius 3 is 2.62 bits per heavy atom. The van der Waals surface area contributed by atoms with Crippen LogP contribution in [0.3, 0.4) is 0 Å². The Labute approximate surface area is 98.3 Å².